The Kier molecular flexibility index (Phi) is 3.74. The Morgan fingerprint density at radius 1 is 1.27 bits per heavy atom. The maximum absolute atomic E-state index is 12.0. The van der Waals surface area contributed by atoms with E-state index in [1.807, 2.05) is 13.0 Å². The fourth-order valence-electron chi connectivity index (χ4n) is 3.03. The normalized spacial score (nSPS) is 19.0. The molecule has 0 amide bonds. The van der Waals surface area contributed by atoms with Crippen LogP contribution in [0.25, 0.3) is 0 Å². The quantitative estimate of drug-likeness (QED) is 0.835. The van der Waals surface area contributed by atoms with Gasteiger partial charge in [-0.15, -0.1) is 0 Å². The highest BCUT2D eigenvalue weighted by Crippen LogP contribution is 2.32. The number of aryl methyl sites for hydroxylation is 1. The molecule has 1 unspecified atom stereocenters. The summed E-state index contributed by atoms with van der Waals surface area (Å²) in [6, 6.07) is 3.66. The van der Waals surface area contributed by atoms with Gasteiger partial charge in [-0.3, -0.25) is 18.8 Å². The van der Waals surface area contributed by atoms with E-state index in [1.165, 1.54) is 17.7 Å². The largest absolute Gasteiger partial charge is 0.361 e. The minimum atomic E-state index is -0.296. The number of nitrogens with zero attached hydrogens (tertiary/aromatic N) is 4. The average molecular weight is 304 g/mol. The van der Waals surface area contributed by atoms with Crippen LogP contribution in [0.5, 0.6) is 0 Å². The second-order valence-corrected chi connectivity index (χ2v) is 5.87. The van der Waals surface area contributed by atoms with Crippen molar-refractivity contribution in [2.24, 2.45) is 14.1 Å². The molecule has 0 saturated carbocycles. The second-order valence-electron chi connectivity index (χ2n) is 5.87. The van der Waals surface area contributed by atoms with Crippen LogP contribution in [-0.4, -0.2) is 25.7 Å². The van der Waals surface area contributed by atoms with E-state index in [4.69, 9.17) is 4.52 Å². The lowest BCUT2D eigenvalue weighted by atomic mass is 10.1. The van der Waals surface area contributed by atoms with Crippen LogP contribution >= 0.6 is 0 Å². The molecule has 118 valence electrons. The summed E-state index contributed by atoms with van der Waals surface area (Å²) in [5.41, 5.74) is 1.07. The van der Waals surface area contributed by atoms with E-state index in [0.29, 0.717) is 6.54 Å². The Hall–Kier alpha value is -2.15. The number of rotatable bonds is 3. The van der Waals surface area contributed by atoms with Crippen molar-refractivity contribution in [2.45, 2.75) is 32.4 Å². The van der Waals surface area contributed by atoms with Gasteiger partial charge in [-0.25, -0.2) is 4.79 Å². The summed E-state index contributed by atoms with van der Waals surface area (Å²) < 4.78 is 7.82. The third kappa shape index (κ3) is 2.52. The zero-order chi connectivity index (χ0) is 15.9. The maximum atomic E-state index is 12.0. The van der Waals surface area contributed by atoms with Crippen molar-refractivity contribution in [1.82, 2.24) is 19.2 Å². The highest BCUT2D eigenvalue weighted by atomic mass is 16.5. The topological polar surface area (TPSA) is 73.3 Å². The first-order valence-corrected chi connectivity index (χ1v) is 7.40. The zero-order valence-corrected chi connectivity index (χ0v) is 13.1. The first kappa shape index (κ1) is 14.8. The molecule has 1 aliphatic rings. The Labute approximate surface area is 127 Å². The van der Waals surface area contributed by atoms with Crippen LogP contribution in [0.15, 0.2) is 26.2 Å². The molecule has 0 spiro atoms. The molecule has 2 aromatic rings. The molecule has 0 aromatic carbocycles. The highest BCUT2D eigenvalue weighted by Gasteiger charge is 2.29. The molecule has 2 aromatic heterocycles. The molecule has 0 aliphatic carbocycles. The maximum Gasteiger partial charge on any atom is 0.330 e. The van der Waals surface area contributed by atoms with Crippen molar-refractivity contribution < 1.29 is 4.52 Å². The first-order valence-electron chi connectivity index (χ1n) is 7.40. The molecule has 22 heavy (non-hydrogen) atoms. The standard InChI is InChI=1S/C15H20N4O3/c1-10-7-12(16-22-10)13-5-4-6-19(13)9-11-8-14(20)18(3)15(21)17(11)2/h7-8,13H,4-6,9H2,1-3H3. The molecule has 1 atom stereocenters. The lowest BCUT2D eigenvalue weighted by Crippen LogP contribution is -2.39. The summed E-state index contributed by atoms with van der Waals surface area (Å²) in [6.45, 7) is 3.35. The summed E-state index contributed by atoms with van der Waals surface area (Å²) in [5.74, 6) is 0.794. The van der Waals surface area contributed by atoms with Gasteiger partial charge in [-0.05, 0) is 26.3 Å². The summed E-state index contributed by atoms with van der Waals surface area (Å²) >= 11 is 0. The van der Waals surface area contributed by atoms with Crippen LogP contribution in [0.4, 0.5) is 0 Å². The monoisotopic (exact) mass is 304 g/mol. The number of likely N-dealkylation sites (tertiary alicyclic amines) is 1. The minimum absolute atomic E-state index is 0.177. The molecule has 0 N–H and O–H groups in total. The van der Waals surface area contributed by atoms with Gasteiger partial charge in [-0.1, -0.05) is 5.16 Å². The molecule has 0 radical (unpaired) electrons. The molecule has 0 bridgehead atoms. The van der Waals surface area contributed by atoms with Crippen molar-refractivity contribution in [3.63, 3.8) is 0 Å². The predicted octanol–water partition coefficient (Wildman–Crippen LogP) is 0.718. The minimum Gasteiger partial charge on any atom is -0.361 e. The molecule has 1 saturated heterocycles. The summed E-state index contributed by atoms with van der Waals surface area (Å²) in [6.07, 6.45) is 2.07. The molecule has 7 nitrogen and oxygen atoms in total. The van der Waals surface area contributed by atoms with E-state index in [1.54, 1.807) is 7.05 Å². The van der Waals surface area contributed by atoms with Crippen LogP contribution in [0.2, 0.25) is 0 Å². The molecule has 7 heteroatoms. The summed E-state index contributed by atoms with van der Waals surface area (Å²) in [7, 11) is 3.19. The molecule has 1 fully saturated rings. The van der Waals surface area contributed by atoms with Gasteiger partial charge in [0.15, 0.2) is 0 Å². The smallest absolute Gasteiger partial charge is 0.330 e. The molecule has 3 rings (SSSR count). The van der Waals surface area contributed by atoms with E-state index in [0.717, 1.165) is 41.1 Å². The van der Waals surface area contributed by atoms with Crippen molar-refractivity contribution in [3.8, 4) is 0 Å². The number of hydrogen-bond acceptors (Lipinski definition) is 5. The molecule has 3 heterocycles. The van der Waals surface area contributed by atoms with Gasteiger partial charge in [0.1, 0.15) is 11.5 Å². The first-order chi connectivity index (χ1) is 10.5. The zero-order valence-electron chi connectivity index (χ0n) is 13.1. The van der Waals surface area contributed by atoms with Crippen molar-refractivity contribution >= 4 is 0 Å². The Balaban J connectivity index is 1.90. The summed E-state index contributed by atoms with van der Waals surface area (Å²) in [5, 5.41) is 4.11. The van der Waals surface area contributed by atoms with Gasteiger partial charge in [0.25, 0.3) is 5.56 Å². The van der Waals surface area contributed by atoms with Crippen molar-refractivity contribution in [3.05, 3.63) is 50.1 Å². The van der Waals surface area contributed by atoms with Crippen LogP contribution in [0.1, 0.15) is 36.0 Å². The van der Waals surface area contributed by atoms with Crippen molar-refractivity contribution in [1.29, 1.82) is 0 Å². The van der Waals surface area contributed by atoms with E-state index in [-0.39, 0.29) is 17.3 Å². The Morgan fingerprint density at radius 3 is 2.73 bits per heavy atom. The predicted molar refractivity (Wildman–Crippen MR) is 80.5 cm³/mol. The second kappa shape index (κ2) is 5.57. The number of aromatic nitrogens is 3. The fourth-order valence-corrected chi connectivity index (χ4v) is 3.03. The lowest BCUT2D eigenvalue weighted by Gasteiger charge is -2.23. The van der Waals surface area contributed by atoms with Gasteiger partial charge < -0.3 is 4.52 Å². The summed E-state index contributed by atoms with van der Waals surface area (Å²) in [4.78, 5) is 26.1. The Bertz CT molecular complexity index is 802. The van der Waals surface area contributed by atoms with Gasteiger partial charge in [0, 0.05) is 38.5 Å². The molecule has 1 aliphatic heterocycles. The van der Waals surface area contributed by atoms with Crippen LogP contribution in [0.3, 0.4) is 0 Å². The van der Waals surface area contributed by atoms with Gasteiger partial charge in [-0.2, -0.15) is 0 Å². The molecular formula is C15H20N4O3. The molecular weight excluding hydrogens is 284 g/mol. The van der Waals surface area contributed by atoms with Gasteiger partial charge in [0.05, 0.1) is 6.04 Å². The van der Waals surface area contributed by atoms with Crippen molar-refractivity contribution in [2.75, 3.05) is 6.54 Å². The van der Waals surface area contributed by atoms with Gasteiger partial charge >= 0.3 is 5.69 Å². The van der Waals surface area contributed by atoms with E-state index in [2.05, 4.69) is 10.1 Å². The van der Waals surface area contributed by atoms with Gasteiger partial charge in [0.2, 0.25) is 0 Å². The van der Waals surface area contributed by atoms with E-state index >= 15 is 0 Å². The van der Waals surface area contributed by atoms with Crippen LogP contribution in [0, 0.1) is 6.92 Å². The Morgan fingerprint density at radius 2 is 2.05 bits per heavy atom. The SMILES string of the molecule is Cc1cc(C2CCCN2Cc2cc(=O)n(C)c(=O)n2C)no1. The van der Waals surface area contributed by atoms with Crippen LogP contribution < -0.4 is 11.2 Å². The van der Waals surface area contributed by atoms with E-state index < -0.39 is 0 Å². The third-order valence-corrected chi connectivity index (χ3v) is 4.34. The third-order valence-electron chi connectivity index (χ3n) is 4.34. The average Bonchev–Trinajstić information content (AvgIpc) is 3.11. The highest BCUT2D eigenvalue weighted by molar-refractivity contribution is 5.12. The van der Waals surface area contributed by atoms with E-state index in [9.17, 15) is 9.59 Å². The fraction of sp³-hybridized carbons (Fsp3) is 0.533. The number of hydrogen-bond donors (Lipinski definition) is 0. The lowest BCUT2D eigenvalue weighted by molar-refractivity contribution is 0.230. The van der Waals surface area contributed by atoms with Crippen LogP contribution in [-0.2, 0) is 20.6 Å².